The molecule has 4 aromatic carbocycles. The Balaban J connectivity index is 0.000000120. The van der Waals surface area contributed by atoms with Crippen LogP contribution in [0.4, 0.5) is 66.2 Å². The van der Waals surface area contributed by atoms with Gasteiger partial charge in [0.05, 0.1) is 113 Å². The summed E-state index contributed by atoms with van der Waals surface area (Å²) in [4.78, 5) is 133. The number of likely N-dealkylation sites (N-methyl/N-ethyl adjacent to an activating group) is 4. The van der Waals surface area contributed by atoms with Crippen molar-refractivity contribution in [3.05, 3.63) is 227 Å². The molecule has 21 rings (SSSR count). The van der Waals surface area contributed by atoms with Gasteiger partial charge < -0.3 is 73.3 Å². The fraction of sp³-hybridized carbons (Fsp3) is 0.406. The van der Waals surface area contributed by atoms with E-state index in [0.29, 0.717) is 119 Å². The monoisotopic (exact) mass is 1930 g/mol. The van der Waals surface area contributed by atoms with Crippen molar-refractivity contribution in [1.82, 2.24) is 97.7 Å². The second kappa shape index (κ2) is 37.4. The lowest BCUT2D eigenvalue weighted by Gasteiger charge is -2.25. The van der Waals surface area contributed by atoms with Gasteiger partial charge in [0.25, 0.3) is 0 Å². The maximum Gasteiger partial charge on any atom is 0.337 e. The van der Waals surface area contributed by atoms with Gasteiger partial charge in [0.2, 0.25) is 30.6 Å². The molecule has 0 unspecified atom stereocenters. The molecule has 0 radical (unpaired) electrons. The van der Waals surface area contributed by atoms with E-state index in [0.717, 1.165) is 113 Å². The second-order valence-corrected chi connectivity index (χ2v) is 39.0. The van der Waals surface area contributed by atoms with Crippen molar-refractivity contribution in [2.75, 3.05) is 109 Å². The summed E-state index contributed by atoms with van der Waals surface area (Å²) >= 11 is 15.8. The summed E-state index contributed by atoms with van der Waals surface area (Å²) in [6.45, 7) is 22.7. The molecular formula is C96H109BrCl2N28O8. The lowest BCUT2D eigenvalue weighted by Crippen LogP contribution is -2.38. The third-order valence-corrected chi connectivity index (χ3v) is 27.3. The fourth-order valence-corrected chi connectivity index (χ4v) is 18.8. The van der Waals surface area contributed by atoms with E-state index in [1.54, 1.807) is 110 Å². The minimum Gasteiger partial charge on any atom is -0.465 e. The summed E-state index contributed by atoms with van der Waals surface area (Å²) in [7, 11) is 6.83. The normalized spacial score (nSPS) is 19.5. The molecular weight excluding hydrogens is 1820 g/mol. The van der Waals surface area contributed by atoms with Crippen LogP contribution < -0.4 is 50.3 Å². The number of rotatable bonds is 26. The minimum atomic E-state index is -0.382. The molecule has 4 N–H and O–H groups in total. The van der Waals surface area contributed by atoms with Crippen LogP contribution in [0.3, 0.4) is 0 Å². The Morgan fingerprint density at radius 2 is 0.770 bits per heavy atom. The number of ether oxygens (including phenoxy) is 3. The number of carbonyl (C=O) groups excluding carboxylic acids is 5. The molecule has 4 atom stereocenters. The number of methoxy groups -OCH3 is 1. The van der Waals surface area contributed by atoms with Crippen LogP contribution in [0, 0.1) is 23.7 Å². The smallest absolute Gasteiger partial charge is 0.337 e. The Labute approximate surface area is 800 Å². The lowest BCUT2D eigenvalue weighted by atomic mass is 10.0. The highest BCUT2D eigenvalue weighted by molar-refractivity contribution is 9.10. The Bertz CT molecular complexity index is 6400. The Morgan fingerprint density at radius 3 is 1.13 bits per heavy atom. The van der Waals surface area contributed by atoms with E-state index in [1.807, 2.05) is 160 Å². The van der Waals surface area contributed by atoms with E-state index in [4.69, 9.17) is 57.3 Å². The van der Waals surface area contributed by atoms with Crippen LogP contribution in [-0.4, -0.2) is 220 Å². The van der Waals surface area contributed by atoms with E-state index in [1.165, 1.54) is 7.11 Å². The van der Waals surface area contributed by atoms with E-state index in [2.05, 4.69) is 132 Å². The van der Waals surface area contributed by atoms with Crippen molar-refractivity contribution in [3.8, 4) is 34.2 Å². The first-order valence-electron chi connectivity index (χ1n) is 45.6. The van der Waals surface area contributed by atoms with Gasteiger partial charge in [0, 0.05) is 141 Å². The summed E-state index contributed by atoms with van der Waals surface area (Å²) in [5, 5.41) is 15.3. The van der Waals surface area contributed by atoms with Crippen molar-refractivity contribution in [2.45, 2.75) is 160 Å². The molecule has 702 valence electrons. The number of urea groups is 4. The molecule has 5 aliphatic heterocycles. The molecule has 4 aliphatic carbocycles. The van der Waals surface area contributed by atoms with Gasteiger partial charge in [-0.2, -0.15) is 19.9 Å². The molecule has 8 amide bonds. The van der Waals surface area contributed by atoms with E-state index >= 15 is 0 Å². The number of halogens is 3. The number of amides is 8. The Kier molecular flexibility index (Phi) is 25.4. The number of nitrogens with one attached hydrogen (secondary N) is 4. The predicted octanol–water partition coefficient (Wildman–Crippen LogP) is 16.6. The van der Waals surface area contributed by atoms with Crippen LogP contribution in [-0.2, 0) is 26.9 Å². The predicted molar refractivity (Wildman–Crippen MR) is 517 cm³/mol. The minimum absolute atomic E-state index is 0.00208. The SMILES string of the molecule is CC(C)[C@H]1CN(C)C(=O)N1c1ccnc(NC2(c3cn(-c4cc(Cl)cc(Br)c4)cn3)CC2)n1.CC(C)[C@H]1CN(C)C(=O)N1c1ccnc(NC2(c3cn(-c4ccc5c(c4)OCO5)cn3)CC2)n1.CCN1C[C@H](C(C)C)N(c2ccnc(NC3(c4cn(-c5cccc(Cl)c5)cn4)CC3)n2)C1=O.COC(=O)c1cccc(-n2cnc(C3(Nc4nccc(N5C(=O)N(C)C[C@@H]5C(C)C)n4)CC3)c2)c1. The highest BCUT2D eigenvalue weighted by Gasteiger charge is 2.52. The largest absolute Gasteiger partial charge is 0.465 e. The van der Waals surface area contributed by atoms with Crippen molar-refractivity contribution in [3.63, 3.8) is 0 Å². The number of carbonyl (C=O) groups is 5. The molecule has 4 saturated carbocycles. The standard InChI is InChI=1S/C25H29N7O3.C24H28ClN7O.C24H27N7O3.C23H25BrClN7O/c1-16(2)19-13-30(3)24(34)32(19)21-8-11-26-23(28-21)29-25(9-10-25)20-14-31(15-27-20)18-7-5-6-17(12-18)22(33)35-4;1-4-30-13-19(16(2)3)32(23(30)33)21-8-11-26-22(28-21)29-24(9-10-24)20-14-31(15-27-20)18-7-5-6-17(25)12-18;1-15(2)17-11-29(3)23(32)31(17)21-6-9-25-22(27-21)28-24(7-8-24)20-12-30(13-26-20)16-4-5-18-19(10-16)34-14-33-18;1-14(2)18-11-30(3)22(33)32(18)20-4-7-26-21(28-20)29-23(5-6-23)19-12-31(13-27-19)17-9-15(24)8-16(25)10-17/h5-8,11-12,14-16,19H,9-10,13H2,1-4H3,(H,26,28,29);5-8,11-12,14-16,19H,4,9-10,13H2,1-3H3,(H,26,28,29);4-6,9-10,12-13,15,17H,7-8,11,14H2,1-3H3,(H,25,27,28);4,7-10,12-14,18H,5-6,11H2,1-3H3,(H,26,28,29)/t2*19-;17-;18-/m1111/s1. The molecule has 39 heteroatoms. The Hall–Kier alpha value is -13.6. The maximum absolute atomic E-state index is 13.0. The van der Waals surface area contributed by atoms with Gasteiger partial charge in [-0.05, 0) is 173 Å². The molecule has 8 fully saturated rings. The molecule has 8 aromatic heterocycles. The van der Waals surface area contributed by atoms with Gasteiger partial charge in [-0.25, -0.2) is 63.8 Å². The summed E-state index contributed by atoms with van der Waals surface area (Å²) < 4.78 is 24.4. The van der Waals surface area contributed by atoms with Gasteiger partial charge in [0.15, 0.2) is 11.5 Å². The highest BCUT2D eigenvalue weighted by atomic mass is 79.9. The number of hydrogen-bond donors (Lipinski definition) is 4. The van der Waals surface area contributed by atoms with Gasteiger partial charge in [0.1, 0.15) is 23.3 Å². The quantitative estimate of drug-likeness (QED) is 0.0366. The summed E-state index contributed by atoms with van der Waals surface area (Å²) in [6.07, 6.45) is 29.3. The molecule has 12 aromatic rings. The zero-order chi connectivity index (χ0) is 94.7. The first-order valence-corrected chi connectivity index (χ1v) is 47.1. The number of esters is 1. The number of hydrogen-bond acceptors (Lipinski definition) is 24. The van der Waals surface area contributed by atoms with Crippen LogP contribution in [0.2, 0.25) is 10.0 Å². The van der Waals surface area contributed by atoms with Crippen LogP contribution in [0.5, 0.6) is 11.5 Å². The average Bonchev–Trinajstić information content (AvgIpc) is 1.60. The molecule has 135 heavy (non-hydrogen) atoms. The number of fused-ring (bicyclic) bond motifs is 1. The summed E-state index contributed by atoms with van der Waals surface area (Å²) in [5.74, 6) is 6.78. The van der Waals surface area contributed by atoms with Crippen molar-refractivity contribution < 1.29 is 38.2 Å². The van der Waals surface area contributed by atoms with Crippen LogP contribution in [0.1, 0.15) is 147 Å². The maximum atomic E-state index is 13.0. The zero-order valence-electron chi connectivity index (χ0n) is 77.5. The first-order chi connectivity index (χ1) is 64.9. The van der Waals surface area contributed by atoms with Crippen molar-refractivity contribution in [2.24, 2.45) is 23.7 Å². The molecule has 0 bridgehead atoms. The van der Waals surface area contributed by atoms with Crippen LogP contribution in [0.15, 0.2) is 189 Å². The van der Waals surface area contributed by atoms with E-state index in [-0.39, 0.29) is 83.2 Å². The average molecular weight is 1930 g/mol. The zero-order valence-corrected chi connectivity index (χ0v) is 80.6. The van der Waals surface area contributed by atoms with E-state index in [9.17, 15) is 24.0 Å². The number of aromatic nitrogens is 16. The molecule has 13 heterocycles. The number of nitrogens with zero attached hydrogens (tertiary/aromatic N) is 24. The number of imidazole rings is 4. The van der Waals surface area contributed by atoms with Gasteiger partial charge >= 0.3 is 30.1 Å². The van der Waals surface area contributed by atoms with E-state index < -0.39 is 0 Å². The Morgan fingerprint density at radius 1 is 0.422 bits per heavy atom. The lowest BCUT2D eigenvalue weighted by molar-refractivity contribution is 0.0600. The molecule has 9 aliphatic rings. The van der Waals surface area contributed by atoms with Crippen LogP contribution >= 0.6 is 39.1 Å². The molecule has 0 spiro atoms. The topological polar surface area (TPSA) is 361 Å². The summed E-state index contributed by atoms with van der Waals surface area (Å²) in [6, 6.07) is 33.8. The van der Waals surface area contributed by atoms with Gasteiger partial charge in [-0.3, -0.25) is 19.6 Å². The van der Waals surface area contributed by atoms with Gasteiger partial charge in [-0.1, -0.05) is 107 Å². The summed E-state index contributed by atoms with van der Waals surface area (Å²) in [5.41, 5.74) is 6.49. The third kappa shape index (κ3) is 19.1. The first kappa shape index (κ1) is 91.9. The highest BCUT2D eigenvalue weighted by Crippen LogP contribution is 2.52. The van der Waals surface area contributed by atoms with Crippen molar-refractivity contribution >= 4 is 116 Å². The number of anilines is 8. The third-order valence-electron chi connectivity index (χ3n) is 26.4. The fourth-order valence-electron chi connectivity index (χ4n) is 17.8. The number of benzene rings is 4. The second-order valence-electron chi connectivity index (χ2n) is 37.2. The van der Waals surface area contributed by atoms with Crippen LogP contribution in [0.25, 0.3) is 22.7 Å². The molecule has 36 nitrogen and oxygen atoms in total. The van der Waals surface area contributed by atoms with Crippen molar-refractivity contribution in [1.29, 1.82) is 0 Å². The molecule has 4 saturated heterocycles. The van der Waals surface area contributed by atoms with Gasteiger partial charge in [-0.15, -0.1) is 0 Å².